The Kier molecular flexibility index (Phi) is 4.23. The average molecular weight is 303 g/mol. The monoisotopic (exact) mass is 302 g/mol. The molecule has 2 rings (SSSR count). The third-order valence-electron chi connectivity index (χ3n) is 3.24. The van der Waals surface area contributed by atoms with Gasteiger partial charge in [0, 0.05) is 12.2 Å². The second-order valence-electron chi connectivity index (χ2n) is 5.07. The zero-order valence-corrected chi connectivity index (χ0v) is 12.1. The molecule has 2 amide bonds. The molecule has 6 heteroatoms. The summed E-state index contributed by atoms with van der Waals surface area (Å²) in [6.45, 7) is 1.97. The van der Waals surface area contributed by atoms with E-state index in [-0.39, 0.29) is 18.5 Å². The summed E-state index contributed by atoms with van der Waals surface area (Å²) in [6, 6.07) is 4.47. The maximum absolute atomic E-state index is 11.7. The lowest BCUT2D eigenvalue weighted by molar-refractivity contribution is 0.0398. The van der Waals surface area contributed by atoms with Gasteiger partial charge in [0.15, 0.2) is 0 Å². The summed E-state index contributed by atoms with van der Waals surface area (Å²) in [6.07, 6.45) is 2.03. The van der Waals surface area contributed by atoms with Gasteiger partial charge >= 0.3 is 6.03 Å². The molecule has 0 spiro atoms. The molecule has 1 fully saturated rings. The molecule has 1 aromatic carbocycles. The van der Waals surface area contributed by atoms with E-state index in [9.17, 15) is 9.90 Å². The van der Waals surface area contributed by atoms with Crippen molar-refractivity contribution < 1.29 is 9.90 Å². The summed E-state index contributed by atoms with van der Waals surface area (Å²) in [5.74, 6) is 0.290. The van der Waals surface area contributed by atoms with E-state index in [2.05, 4.69) is 10.6 Å². The van der Waals surface area contributed by atoms with Crippen LogP contribution in [0.1, 0.15) is 19.8 Å². The topological polar surface area (TPSA) is 61.4 Å². The molecule has 0 heterocycles. The van der Waals surface area contributed by atoms with Gasteiger partial charge in [-0.25, -0.2) is 4.79 Å². The number of amides is 2. The van der Waals surface area contributed by atoms with E-state index in [1.165, 1.54) is 0 Å². The smallest absolute Gasteiger partial charge is 0.319 e. The highest BCUT2D eigenvalue weighted by molar-refractivity contribution is 6.42. The minimum atomic E-state index is -0.838. The number of nitrogens with one attached hydrogen (secondary N) is 2. The van der Waals surface area contributed by atoms with Gasteiger partial charge in [0.1, 0.15) is 0 Å². The van der Waals surface area contributed by atoms with Crippen LogP contribution in [0, 0.1) is 5.92 Å². The number of anilines is 1. The molecular weight excluding hydrogens is 287 g/mol. The third-order valence-corrected chi connectivity index (χ3v) is 3.98. The SMILES string of the molecule is CC(O)(CNC(=O)Nc1ccc(Cl)c(Cl)c1)C1CC1. The number of rotatable bonds is 4. The molecule has 1 aliphatic carbocycles. The van der Waals surface area contributed by atoms with Crippen LogP contribution in [-0.2, 0) is 0 Å². The summed E-state index contributed by atoms with van der Waals surface area (Å²) < 4.78 is 0. The number of hydrogen-bond donors (Lipinski definition) is 3. The number of hydrogen-bond acceptors (Lipinski definition) is 2. The molecule has 1 atom stereocenters. The van der Waals surface area contributed by atoms with Gasteiger partial charge in [0.05, 0.1) is 15.6 Å². The summed E-state index contributed by atoms with van der Waals surface area (Å²) >= 11 is 11.6. The summed E-state index contributed by atoms with van der Waals surface area (Å²) in [5.41, 5.74) is -0.285. The highest BCUT2D eigenvalue weighted by Gasteiger charge is 2.39. The van der Waals surface area contributed by atoms with Crippen LogP contribution in [0.5, 0.6) is 0 Å². The van der Waals surface area contributed by atoms with Gasteiger partial charge in [-0.05, 0) is 43.9 Å². The molecule has 0 aromatic heterocycles. The van der Waals surface area contributed by atoms with Crippen molar-refractivity contribution in [3.8, 4) is 0 Å². The Morgan fingerprint density at radius 3 is 2.68 bits per heavy atom. The highest BCUT2D eigenvalue weighted by Crippen LogP contribution is 2.39. The predicted molar refractivity (Wildman–Crippen MR) is 76.8 cm³/mol. The number of carbonyl (C=O) groups excluding carboxylic acids is 1. The first-order valence-corrected chi connectivity index (χ1v) is 6.86. The number of carbonyl (C=O) groups is 1. The molecule has 0 bridgehead atoms. The van der Waals surface area contributed by atoms with E-state index in [4.69, 9.17) is 23.2 Å². The van der Waals surface area contributed by atoms with E-state index in [0.29, 0.717) is 15.7 Å². The van der Waals surface area contributed by atoms with Crippen LogP contribution in [-0.4, -0.2) is 23.3 Å². The first kappa shape index (κ1) is 14.4. The minimum Gasteiger partial charge on any atom is -0.388 e. The van der Waals surface area contributed by atoms with Gasteiger partial charge < -0.3 is 15.7 Å². The van der Waals surface area contributed by atoms with Crippen LogP contribution in [0.4, 0.5) is 10.5 Å². The maximum Gasteiger partial charge on any atom is 0.319 e. The molecule has 4 nitrogen and oxygen atoms in total. The Morgan fingerprint density at radius 1 is 1.42 bits per heavy atom. The molecule has 0 aliphatic heterocycles. The number of halogens is 2. The van der Waals surface area contributed by atoms with Crippen LogP contribution in [0.2, 0.25) is 10.0 Å². The van der Waals surface area contributed by atoms with E-state index in [1.807, 2.05) is 0 Å². The normalized spacial score (nSPS) is 17.7. The third kappa shape index (κ3) is 4.00. The molecule has 1 aliphatic rings. The number of benzene rings is 1. The second kappa shape index (κ2) is 5.57. The molecular formula is C13H16Cl2N2O2. The van der Waals surface area contributed by atoms with Crippen molar-refractivity contribution in [1.82, 2.24) is 5.32 Å². The number of aliphatic hydroxyl groups is 1. The first-order chi connectivity index (χ1) is 8.88. The molecule has 1 saturated carbocycles. The Balaban J connectivity index is 1.85. The fourth-order valence-electron chi connectivity index (χ4n) is 1.86. The molecule has 1 aromatic rings. The van der Waals surface area contributed by atoms with Crippen molar-refractivity contribution in [3.05, 3.63) is 28.2 Å². The number of urea groups is 1. The standard InChI is InChI=1S/C13H16Cl2N2O2/c1-13(19,8-2-3-8)7-16-12(18)17-9-4-5-10(14)11(15)6-9/h4-6,8,19H,2-3,7H2,1H3,(H2,16,17,18). The van der Waals surface area contributed by atoms with Crippen LogP contribution < -0.4 is 10.6 Å². The zero-order valence-electron chi connectivity index (χ0n) is 10.5. The van der Waals surface area contributed by atoms with E-state index < -0.39 is 5.60 Å². The summed E-state index contributed by atoms with van der Waals surface area (Å²) in [7, 11) is 0. The van der Waals surface area contributed by atoms with Gasteiger partial charge in [-0.1, -0.05) is 23.2 Å². The lowest BCUT2D eigenvalue weighted by Gasteiger charge is -2.23. The van der Waals surface area contributed by atoms with Gasteiger partial charge in [-0.15, -0.1) is 0 Å². The van der Waals surface area contributed by atoms with Crippen molar-refractivity contribution in [2.24, 2.45) is 5.92 Å². The molecule has 3 N–H and O–H groups in total. The Labute approximate surface area is 122 Å². The van der Waals surface area contributed by atoms with Crippen molar-refractivity contribution in [1.29, 1.82) is 0 Å². The Hall–Kier alpha value is -0.970. The second-order valence-corrected chi connectivity index (χ2v) is 5.88. The maximum atomic E-state index is 11.7. The van der Waals surface area contributed by atoms with Gasteiger partial charge in [-0.2, -0.15) is 0 Å². The quantitative estimate of drug-likeness (QED) is 0.799. The summed E-state index contributed by atoms with van der Waals surface area (Å²) in [5, 5.41) is 16.2. The molecule has 0 saturated heterocycles. The van der Waals surface area contributed by atoms with Crippen molar-refractivity contribution in [2.45, 2.75) is 25.4 Å². The van der Waals surface area contributed by atoms with Crippen molar-refractivity contribution in [2.75, 3.05) is 11.9 Å². The molecule has 104 valence electrons. The Morgan fingerprint density at radius 2 is 2.11 bits per heavy atom. The van der Waals surface area contributed by atoms with Crippen molar-refractivity contribution in [3.63, 3.8) is 0 Å². The van der Waals surface area contributed by atoms with Crippen LogP contribution >= 0.6 is 23.2 Å². The van der Waals surface area contributed by atoms with Gasteiger partial charge in [0.25, 0.3) is 0 Å². The Bertz CT molecular complexity index is 488. The summed E-state index contributed by atoms with van der Waals surface area (Å²) in [4.78, 5) is 11.7. The van der Waals surface area contributed by atoms with Crippen LogP contribution in [0.3, 0.4) is 0 Å². The van der Waals surface area contributed by atoms with E-state index in [0.717, 1.165) is 12.8 Å². The zero-order chi connectivity index (χ0) is 14.0. The minimum absolute atomic E-state index is 0.227. The fraction of sp³-hybridized carbons (Fsp3) is 0.462. The van der Waals surface area contributed by atoms with Crippen LogP contribution in [0.15, 0.2) is 18.2 Å². The molecule has 0 radical (unpaired) electrons. The lowest BCUT2D eigenvalue weighted by atomic mass is 10.0. The van der Waals surface area contributed by atoms with E-state index in [1.54, 1.807) is 25.1 Å². The fourth-order valence-corrected chi connectivity index (χ4v) is 2.16. The van der Waals surface area contributed by atoms with Gasteiger partial charge in [-0.3, -0.25) is 0 Å². The molecule has 1 unspecified atom stereocenters. The highest BCUT2D eigenvalue weighted by atomic mass is 35.5. The average Bonchev–Trinajstić information content (AvgIpc) is 3.16. The van der Waals surface area contributed by atoms with Crippen LogP contribution in [0.25, 0.3) is 0 Å². The first-order valence-electron chi connectivity index (χ1n) is 6.11. The van der Waals surface area contributed by atoms with Crippen molar-refractivity contribution >= 4 is 34.9 Å². The van der Waals surface area contributed by atoms with Gasteiger partial charge in [0.2, 0.25) is 0 Å². The lowest BCUT2D eigenvalue weighted by Crippen LogP contribution is -2.43. The predicted octanol–water partition coefficient (Wildman–Crippen LogP) is 3.28. The largest absolute Gasteiger partial charge is 0.388 e. The van der Waals surface area contributed by atoms with E-state index >= 15 is 0 Å². The molecule has 19 heavy (non-hydrogen) atoms.